The van der Waals surface area contributed by atoms with E-state index in [0.717, 1.165) is 19.3 Å². The molecule has 1 aromatic heterocycles. The Labute approximate surface area is 94.2 Å². The van der Waals surface area contributed by atoms with E-state index in [1.165, 1.54) is 6.20 Å². The quantitative estimate of drug-likeness (QED) is 0.788. The molecular weight excluding hydrogens is 204 g/mol. The number of nitrogens with one attached hydrogen (secondary N) is 1. The van der Waals surface area contributed by atoms with Crippen molar-refractivity contribution in [3.63, 3.8) is 0 Å². The van der Waals surface area contributed by atoms with Crippen LogP contribution in [0.3, 0.4) is 0 Å². The summed E-state index contributed by atoms with van der Waals surface area (Å²) < 4.78 is 0. The van der Waals surface area contributed by atoms with Crippen LogP contribution in [0.2, 0.25) is 0 Å². The molecule has 0 saturated heterocycles. The summed E-state index contributed by atoms with van der Waals surface area (Å²) in [6.07, 6.45) is 6.24. The molecular formula is C11H14N4O. The van der Waals surface area contributed by atoms with Crippen molar-refractivity contribution < 1.29 is 5.11 Å². The SMILES string of the molecule is N#Cc1cnc(NC2CCCC2CO)cn1. The lowest BCUT2D eigenvalue weighted by Crippen LogP contribution is -2.26. The molecule has 84 valence electrons. The first kappa shape index (κ1) is 10.8. The van der Waals surface area contributed by atoms with Gasteiger partial charge in [-0.2, -0.15) is 5.26 Å². The largest absolute Gasteiger partial charge is 0.396 e. The molecule has 0 amide bonds. The van der Waals surface area contributed by atoms with Gasteiger partial charge in [0.25, 0.3) is 0 Å². The van der Waals surface area contributed by atoms with Crippen molar-refractivity contribution in [1.29, 1.82) is 5.26 Å². The van der Waals surface area contributed by atoms with Gasteiger partial charge in [0.2, 0.25) is 0 Å². The molecule has 0 aliphatic heterocycles. The lowest BCUT2D eigenvalue weighted by Gasteiger charge is -2.19. The average Bonchev–Trinajstić information content (AvgIpc) is 2.77. The van der Waals surface area contributed by atoms with E-state index in [1.54, 1.807) is 6.20 Å². The lowest BCUT2D eigenvalue weighted by atomic mass is 10.1. The van der Waals surface area contributed by atoms with E-state index < -0.39 is 0 Å². The Kier molecular flexibility index (Phi) is 3.32. The molecule has 5 heteroatoms. The van der Waals surface area contributed by atoms with Gasteiger partial charge >= 0.3 is 0 Å². The molecule has 0 spiro atoms. The summed E-state index contributed by atoms with van der Waals surface area (Å²) in [5, 5.41) is 21.0. The van der Waals surface area contributed by atoms with E-state index in [4.69, 9.17) is 5.26 Å². The molecule has 2 N–H and O–H groups in total. The standard InChI is InChI=1S/C11H14N4O/c12-4-9-5-14-11(6-13-9)15-10-3-1-2-8(10)7-16/h5-6,8,10,16H,1-3,7H2,(H,14,15). The average molecular weight is 218 g/mol. The first-order valence-electron chi connectivity index (χ1n) is 5.43. The van der Waals surface area contributed by atoms with Gasteiger partial charge in [-0.3, -0.25) is 0 Å². The first-order valence-corrected chi connectivity index (χ1v) is 5.43. The minimum atomic E-state index is 0.210. The van der Waals surface area contributed by atoms with Gasteiger partial charge in [0.05, 0.1) is 12.4 Å². The van der Waals surface area contributed by atoms with Crippen LogP contribution in [-0.2, 0) is 0 Å². The van der Waals surface area contributed by atoms with Crippen molar-refractivity contribution in [1.82, 2.24) is 9.97 Å². The van der Waals surface area contributed by atoms with Crippen LogP contribution in [0.15, 0.2) is 12.4 Å². The number of rotatable bonds is 3. The first-order chi connectivity index (χ1) is 7.83. The number of aliphatic hydroxyl groups is 1. The van der Waals surface area contributed by atoms with Gasteiger partial charge in [-0.15, -0.1) is 0 Å². The topological polar surface area (TPSA) is 81.8 Å². The molecule has 1 fully saturated rings. The number of nitrogens with zero attached hydrogens (tertiary/aromatic N) is 3. The van der Waals surface area contributed by atoms with Gasteiger partial charge in [0.15, 0.2) is 5.69 Å². The maximum Gasteiger partial charge on any atom is 0.158 e. The predicted octanol–water partition coefficient (Wildman–Crippen LogP) is 0.921. The Morgan fingerprint density at radius 3 is 2.94 bits per heavy atom. The fraction of sp³-hybridized carbons (Fsp3) is 0.545. The molecule has 1 heterocycles. The molecule has 0 bridgehead atoms. The zero-order valence-corrected chi connectivity index (χ0v) is 8.93. The van der Waals surface area contributed by atoms with Gasteiger partial charge in [-0.25, -0.2) is 9.97 Å². The molecule has 2 atom stereocenters. The van der Waals surface area contributed by atoms with E-state index >= 15 is 0 Å². The maximum absolute atomic E-state index is 9.18. The second kappa shape index (κ2) is 4.90. The van der Waals surface area contributed by atoms with Crippen molar-refractivity contribution in [2.75, 3.05) is 11.9 Å². The van der Waals surface area contributed by atoms with Crippen molar-refractivity contribution in [2.24, 2.45) is 5.92 Å². The summed E-state index contributed by atoms with van der Waals surface area (Å²) in [7, 11) is 0. The summed E-state index contributed by atoms with van der Waals surface area (Å²) in [6, 6.07) is 2.20. The molecule has 0 radical (unpaired) electrons. The summed E-state index contributed by atoms with van der Waals surface area (Å²) in [4.78, 5) is 8.05. The minimum Gasteiger partial charge on any atom is -0.396 e. The summed E-state index contributed by atoms with van der Waals surface area (Å²) in [5.41, 5.74) is 0.315. The maximum atomic E-state index is 9.18. The molecule has 16 heavy (non-hydrogen) atoms. The zero-order chi connectivity index (χ0) is 11.4. The number of hydrogen-bond donors (Lipinski definition) is 2. The van der Waals surface area contributed by atoms with Crippen molar-refractivity contribution >= 4 is 5.82 Å². The van der Waals surface area contributed by atoms with Crippen LogP contribution in [-0.4, -0.2) is 27.7 Å². The highest BCUT2D eigenvalue weighted by Crippen LogP contribution is 2.27. The van der Waals surface area contributed by atoms with Crippen molar-refractivity contribution in [3.05, 3.63) is 18.1 Å². The van der Waals surface area contributed by atoms with E-state index in [1.807, 2.05) is 6.07 Å². The molecule has 2 unspecified atom stereocenters. The van der Waals surface area contributed by atoms with E-state index in [9.17, 15) is 5.11 Å². The lowest BCUT2D eigenvalue weighted by molar-refractivity contribution is 0.222. The van der Waals surface area contributed by atoms with Crippen LogP contribution in [0.1, 0.15) is 25.0 Å². The summed E-state index contributed by atoms with van der Waals surface area (Å²) >= 11 is 0. The van der Waals surface area contributed by atoms with Gasteiger partial charge < -0.3 is 10.4 Å². The van der Waals surface area contributed by atoms with Gasteiger partial charge in [-0.05, 0) is 12.8 Å². The minimum absolute atomic E-state index is 0.210. The Morgan fingerprint density at radius 2 is 2.31 bits per heavy atom. The smallest absolute Gasteiger partial charge is 0.158 e. The van der Waals surface area contributed by atoms with E-state index in [-0.39, 0.29) is 12.6 Å². The molecule has 5 nitrogen and oxygen atoms in total. The van der Waals surface area contributed by atoms with Crippen molar-refractivity contribution in [3.8, 4) is 6.07 Å². The third-order valence-corrected chi connectivity index (χ3v) is 2.99. The molecule has 0 aromatic carbocycles. The van der Waals surface area contributed by atoms with E-state index in [2.05, 4.69) is 15.3 Å². The Balaban J connectivity index is 2.00. The Bertz CT molecular complexity index is 384. The van der Waals surface area contributed by atoms with Crippen LogP contribution < -0.4 is 5.32 Å². The molecule has 1 aromatic rings. The predicted molar refractivity (Wildman–Crippen MR) is 58.6 cm³/mol. The van der Waals surface area contributed by atoms with Crippen LogP contribution in [0, 0.1) is 17.2 Å². The molecule has 1 aliphatic rings. The number of anilines is 1. The van der Waals surface area contributed by atoms with Crippen molar-refractivity contribution in [2.45, 2.75) is 25.3 Å². The number of aliphatic hydroxyl groups excluding tert-OH is 1. The van der Waals surface area contributed by atoms with Crippen LogP contribution in [0.5, 0.6) is 0 Å². The summed E-state index contributed by atoms with van der Waals surface area (Å²) in [6.45, 7) is 0.210. The second-order valence-corrected chi connectivity index (χ2v) is 4.02. The van der Waals surface area contributed by atoms with Crippen LogP contribution >= 0.6 is 0 Å². The monoisotopic (exact) mass is 218 g/mol. The Hall–Kier alpha value is -1.67. The van der Waals surface area contributed by atoms with E-state index in [0.29, 0.717) is 17.4 Å². The molecule has 1 saturated carbocycles. The number of nitriles is 1. The van der Waals surface area contributed by atoms with Gasteiger partial charge in [0, 0.05) is 18.6 Å². The molecule has 1 aliphatic carbocycles. The van der Waals surface area contributed by atoms with Crippen LogP contribution in [0.25, 0.3) is 0 Å². The zero-order valence-electron chi connectivity index (χ0n) is 8.93. The highest BCUT2D eigenvalue weighted by Gasteiger charge is 2.26. The van der Waals surface area contributed by atoms with Crippen LogP contribution in [0.4, 0.5) is 5.82 Å². The second-order valence-electron chi connectivity index (χ2n) is 4.02. The molecule has 2 rings (SSSR count). The normalized spacial score (nSPS) is 24.0. The third kappa shape index (κ3) is 2.28. The van der Waals surface area contributed by atoms with Gasteiger partial charge in [0.1, 0.15) is 11.9 Å². The highest BCUT2D eigenvalue weighted by molar-refractivity contribution is 5.34. The fourth-order valence-corrected chi connectivity index (χ4v) is 2.10. The third-order valence-electron chi connectivity index (χ3n) is 2.99. The summed E-state index contributed by atoms with van der Waals surface area (Å²) in [5.74, 6) is 0.974. The van der Waals surface area contributed by atoms with Gasteiger partial charge in [-0.1, -0.05) is 6.42 Å². The highest BCUT2D eigenvalue weighted by atomic mass is 16.3. The number of hydrogen-bond acceptors (Lipinski definition) is 5. The Morgan fingerprint density at radius 1 is 1.44 bits per heavy atom. The fourth-order valence-electron chi connectivity index (χ4n) is 2.10. The number of aromatic nitrogens is 2.